The number of anilines is 1. The summed E-state index contributed by atoms with van der Waals surface area (Å²) in [5, 5.41) is -0.157. The minimum absolute atomic E-state index is 0.122. The van der Waals surface area contributed by atoms with E-state index < -0.39 is 17.8 Å². The Morgan fingerprint density at radius 1 is 0.935 bits per heavy atom. The van der Waals surface area contributed by atoms with Gasteiger partial charge in [0.25, 0.3) is 11.8 Å². The maximum absolute atomic E-state index is 13.0. The number of carbonyl (C=O) groups excluding carboxylic acids is 3. The Bertz CT molecular complexity index is 998. The van der Waals surface area contributed by atoms with Gasteiger partial charge in [-0.2, -0.15) is 0 Å². The van der Waals surface area contributed by atoms with Crippen molar-refractivity contribution < 1.29 is 28.6 Å². The van der Waals surface area contributed by atoms with Crippen molar-refractivity contribution >= 4 is 40.6 Å². The minimum Gasteiger partial charge on any atom is -0.494 e. The highest BCUT2D eigenvalue weighted by Gasteiger charge is 2.39. The Hall–Kier alpha value is -3.16. The predicted molar refractivity (Wildman–Crippen MR) is 116 cm³/mol. The van der Waals surface area contributed by atoms with Crippen LogP contribution in [0, 0.1) is 0 Å². The molecule has 2 aromatic carbocycles. The molecule has 162 valence electrons. The molecule has 0 atom stereocenters. The molecular formula is C23H22ClNO6. The molecule has 0 radical (unpaired) electrons. The smallest absolute Gasteiger partial charge is 0.338 e. The summed E-state index contributed by atoms with van der Waals surface area (Å²) in [7, 11) is 1.51. The molecule has 0 spiro atoms. The van der Waals surface area contributed by atoms with Crippen molar-refractivity contribution in [1.82, 2.24) is 0 Å². The van der Waals surface area contributed by atoms with Crippen LogP contribution >= 0.6 is 11.6 Å². The van der Waals surface area contributed by atoms with Gasteiger partial charge in [-0.05, 0) is 48.4 Å². The number of esters is 1. The van der Waals surface area contributed by atoms with E-state index in [4.69, 9.17) is 25.8 Å². The van der Waals surface area contributed by atoms with E-state index in [0.29, 0.717) is 35.8 Å². The van der Waals surface area contributed by atoms with E-state index in [0.717, 1.165) is 11.3 Å². The van der Waals surface area contributed by atoms with Crippen LogP contribution < -0.4 is 9.64 Å². The Morgan fingerprint density at radius 2 is 1.61 bits per heavy atom. The van der Waals surface area contributed by atoms with E-state index in [9.17, 15) is 14.4 Å². The zero-order chi connectivity index (χ0) is 22.4. The van der Waals surface area contributed by atoms with Crippen LogP contribution in [0.15, 0.2) is 53.6 Å². The number of carbonyl (C=O) groups is 3. The zero-order valence-corrected chi connectivity index (χ0v) is 18.0. The van der Waals surface area contributed by atoms with Gasteiger partial charge in [0.15, 0.2) is 0 Å². The number of hydrogen-bond acceptors (Lipinski definition) is 6. The maximum atomic E-state index is 13.0. The molecular weight excluding hydrogens is 422 g/mol. The molecule has 0 aliphatic carbocycles. The standard InChI is InChI=1S/C23H22ClNO6/c1-3-12-30-18-10-6-15(7-11-18)19-20(24)22(27)25(21(19)26)17-8-4-16(5-9-17)23(28)31-14-13-29-2/h4-11H,3,12-14H2,1-2H3. The number of amides is 2. The van der Waals surface area contributed by atoms with Crippen LogP contribution in [0.5, 0.6) is 5.75 Å². The van der Waals surface area contributed by atoms with E-state index >= 15 is 0 Å². The van der Waals surface area contributed by atoms with Crippen molar-refractivity contribution in [3.05, 3.63) is 64.7 Å². The topological polar surface area (TPSA) is 82.1 Å². The van der Waals surface area contributed by atoms with Gasteiger partial charge in [-0.15, -0.1) is 0 Å². The molecule has 8 heteroatoms. The molecule has 0 aromatic heterocycles. The third-order valence-corrected chi connectivity index (χ3v) is 4.88. The normalized spacial score (nSPS) is 13.7. The first-order valence-electron chi connectivity index (χ1n) is 9.75. The summed E-state index contributed by atoms with van der Waals surface area (Å²) in [6.45, 7) is 3.02. The van der Waals surface area contributed by atoms with Gasteiger partial charge in [0.05, 0.1) is 30.0 Å². The summed E-state index contributed by atoms with van der Waals surface area (Å²) in [5.41, 5.74) is 1.24. The number of benzene rings is 2. The molecule has 1 heterocycles. The number of rotatable bonds is 9. The number of ether oxygens (including phenoxy) is 3. The fourth-order valence-electron chi connectivity index (χ4n) is 2.97. The first-order chi connectivity index (χ1) is 15.0. The Morgan fingerprint density at radius 3 is 2.23 bits per heavy atom. The van der Waals surface area contributed by atoms with Crippen LogP contribution in [0.1, 0.15) is 29.3 Å². The quantitative estimate of drug-likeness (QED) is 0.333. The third-order valence-electron chi connectivity index (χ3n) is 4.52. The van der Waals surface area contributed by atoms with Crippen molar-refractivity contribution in [2.24, 2.45) is 0 Å². The van der Waals surface area contributed by atoms with E-state index in [1.54, 1.807) is 24.3 Å². The fourth-order valence-corrected chi connectivity index (χ4v) is 3.25. The molecule has 0 saturated heterocycles. The lowest BCUT2D eigenvalue weighted by Crippen LogP contribution is -2.31. The van der Waals surface area contributed by atoms with Gasteiger partial charge in [-0.1, -0.05) is 30.7 Å². The minimum atomic E-state index is -0.622. The molecule has 1 aliphatic heterocycles. The Labute approximate surface area is 185 Å². The highest BCUT2D eigenvalue weighted by molar-refractivity contribution is 6.60. The predicted octanol–water partition coefficient (Wildman–Crippen LogP) is 3.80. The van der Waals surface area contributed by atoms with E-state index in [2.05, 4.69) is 0 Å². The monoisotopic (exact) mass is 443 g/mol. The van der Waals surface area contributed by atoms with Crippen molar-refractivity contribution in [2.75, 3.05) is 31.8 Å². The highest BCUT2D eigenvalue weighted by Crippen LogP contribution is 2.35. The molecule has 0 saturated carbocycles. The largest absolute Gasteiger partial charge is 0.494 e. The fraction of sp³-hybridized carbons (Fsp3) is 0.261. The number of hydrogen-bond donors (Lipinski definition) is 0. The summed E-state index contributed by atoms with van der Waals surface area (Å²) in [4.78, 5) is 38.7. The molecule has 31 heavy (non-hydrogen) atoms. The van der Waals surface area contributed by atoms with Crippen molar-refractivity contribution in [1.29, 1.82) is 0 Å². The summed E-state index contributed by atoms with van der Waals surface area (Å²) < 4.78 is 15.4. The average molecular weight is 444 g/mol. The summed E-state index contributed by atoms with van der Waals surface area (Å²) >= 11 is 6.23. The van der Waals surface area contributed by atoms with Gasteiger partial charge in [-0.25, -0.2) is 9.69 Å². The maximum Gasteiger partial charge on any atom is 0.338 e. The van der Waals surface area contributed by atoms with Crippen molar-refractivity contribution in [3.63, 3.8) is 0 Å². The van der Waals surface area contributed by atoms with Crippen molar-refractivity contribution in [2.45, 2.75) is 13.3 Å². The van der Waals surface area contributed by atoms with Gasteiger partial charge >= 0.3 is 5.97 Å². The van der Waals surface area contributed by atoms with Gasteiger partial charge in [0.1, 0.15) is 17.4 Å². The summed E-state index contributed by atoms with van der Waals surface area (Å²) in [5.74, 6) is -1.01. The van der Waals surface area contributed by atoms with Crippen LogP contribution in [0.4, 0.5) is 5.69 Å². The lowest BCUT2D eigenvalue weighted by atomic mass is 10.1. The highest BCUT2D eigenvalue weighted by atomic mass is 35.5. The Balaban J connectivity index is 1.77. The lowest BCUT2D eigenvalue weighted by Gasteiger charge is -2.15. The molecule has 2 amide bonds. The molecule has 0 unspecified atom stereocenters. The zero-order valence-electron chi connectivity index (χ0n) is 17.2. The summed E-state index contributed by atoms with van der Waals surface area (Å²) in [6.07, 6.45) is 0.879. The molecule has 3 rings (SSSR count). The average Bonchev–Trinajstić information content (AvgIpc) is 3.01. The van der Waals surface area contributed by atoms with E-state index in [1.165, 1.54) is 31.4 Å². The molecule has 2 aromatic rings. The number of nitrogens with zero attached hydrogens (tertiary/aromatic N) is 1. The first-order valence-corrected chi connectivity index (χ1v) is 10.1. The van der Waals surface area contributed by atoms with Crippen LogP contribution in [-0.4, -0.2) is 44.7 Å². The second-order valence-corrected chi connectivity index (χ2v) is 7.06. The number of imide groups is 1. The second kappa shape index (κ2) is 10.2. The molecule has 1 aliphatic rings. The van der Waals surface area contributed by atoms with Gasteiger partial charge in [0, 0.05) is 7.11 Å². The summed E-state index contributed by atoms with van der Waals surface area (Å²) in [6, 6.07) is 12.8. The van der Waals surface area contributed by atoms with Crippen LogP contribution in [-0.2, 0) is 19.1 Å². The number of methoxy groups -OCH3 is 1. The van der Waals surface area contributed by atoms with Crippen LogP contribution in [0.2, 0.25) is 0 Å². The first kappa shape index (κ1) is 22.5. The second-order valence-electron chi connectivity index (χ2n) is 6.68. The van der Waals surface area contributed by atoms with E-state index in [-0.39, 0.29) is 17.2 Å². The molecule has 0 N–H and O–H groups in total. The lowest BCUT2D eigenvalue weighted by molar-refractivity contribution is -0.119. The van der Waals surface area contributed by atoms with Gasteiger partial charge in [0.2, 0.25) is 0 Å². The van der Waals surface area contributed by atoms with Gasteiger partial charge < -0.3 is 14.2 Å². The van der Waals surface area contributed by atoms with Gasteiger partial charge in [-0.3, -0.25) is 9.59 Å². The number of halogens is 1. The SMILES string of the molecule is CCCOc1ccc(C2=C(Cl)C(=O)N(c3ccc(C(=O)OCCOC)cc3)C2=O)cc1. The molecule has 0 bridgehead atoms. The van der Waals surface area contributed by atoms with E-state index in [1.807, 2.05) is 6.92 Å². The third kappa shape index (κ3) is 4.95. The van der Waals surface area contributed by atoms with Crippen LogP contribution in [0.3, 0.4) is 0 Å². The molecule has 0 fully saturated rings. The van der Waals surface area contributed by atoms with Crippen LogP contribution in [0.25, 0.3) is 5.57 Å². The molecule has 7 nitrogen and oxygen atoms in total. The van der Waals surface area contributed by atoms with Crippen molar-refractivity contribution in [3.8, 4) is 5.75 Å². The Kier molecular flexibility index (Phi) is 7.44.